The third kappa shape index (κ3) is 6.60. The van der Waals surface area contributed by atoms with E-state index in [0.717, 1.165) is 11.1 Å². The number of hydrogen-bond donors (Lipinski definition) is 1. The molecule has 0 aliphatic carbocycles. The van der Waals surface area contributed by atoms with Crippen molar-refractivity contribution in [2.24, 2.45) is 0 Å². The van der Waals surface area contributed by atoms with Crippen LogP contribution in [0.3, 0.4) is 0 Å². The molecule has 3 rings (SSSR count). The lowest BCUT2D eigenvalue weighted by Gasteiger charge is -2.17. The predicted molar refractivity (Wildman–Crippen MR) is 120 cm³/mol. The molecule has 1 N–H and O–H groups in total. The van der Waals surface area contributed by atoms with Crippen molar-refractivity contribution < 1.29 is 27.3 Å². The zero-order valence-corrected chi connectivity index (χ0v) is 18.9. The lowest BCUT2D eigenvalue weighted by Crippen LogP contribution is -2.12. The molecule has 9 heteroatoms. The molecule has 0 unspecified atom stereocenters. The Morgan fingerprint density at radius 3 is 2.53 bits per heavy atom. The molecule has 7 nitrogen and oxygen atoms in total. The lowest BCUT2D eigenvalue weighted by atomic mass is 10.1. The van der Waals surface area contributed by atoms with Crippen LogP contribution in [0.4, 0.5) is 10.1 Å². The van der Waals surface area contributed by atoms with Gasteiger partial charge in [0, 0.05) is 23.2 Å². The number of halogens is 1. The van der Waals surface area contributed by atoms with Gasteiger partial charge in [-0.2, -0.15) is 0 Å². The molecule has 0 atom stereocenters. The zero-order chi connectivity index (χ0) is 23.0. The van der Waals surface area contributed by atoms with E-state index in [1.54, 1.807) is 50.4 Å². The van der Waals surface area contributed by atoms with E-state index >= 15 is 0 Å². The highest BCUT2D eigenvalue weighted by molar-refractivity contribution is 7.53. The Morgan fingerprint density at radius 2 is 1.84 bits per heavy atom. The first-order valence-electron chi connectivity index (χ1n) is 10.4. The summed E-state index contributed by atoms with van der Waals surface area (Å²) < 4.78 is 41.9. The van der Waals surface area contributed by atoms with Crippen molar-refractivity contribution in [3.8, 4) is 11.3 Å². The second-order valence-electron chi connectivity index (χ2n) is 7.04. The van der Waals surface area contributed by atoms with Gasteiger partial charge < -0.3 is 18.9 Å². The van der Waals surface area contributed by atoms with Crippen LogP contribution in [-0.4, -0.2) is 24.3 Å². The van der Waals surface area contributed by atoms with Crippen molar-refractivity contribution in [1.29, 1.82) is 0 Å². The van der Waals surface area contributed by atoms with Crippen LogP contribution >= 0.6 is 7.60 Å². The maximum Gasteiger partial charge on any atom is 0.335 e. The largest absolute Gasteiger partial charge is 0.356 e. The molecule has 0 aliphatic rings. The Morgan fingerprint density at radius 1 is 1.12 bits per heavy atom. The van der Waals surface area contributed by atoms with Crippen LogP contribution in [-0.2, 0) is 31.0 Å². The monoisotopic (exact) mass is 460 g/mol. The lowest BCUT2D eigenvalue weighted by molar-refractivity contribution is -0.116. The standard InChI is InChI=1S/C23H26FN2O5P/c1-3-29-32(28,30-4-2)16-17-6-5-7-21(14-17)26-22(27)13-10-19-15-25-31-23(19)18-8-11-20(24)12-9-18/h5-9,11-12,14-15H,3-4,10,13,16H2,1-2H3,(H,26,27). The number of amides is 1. The Kier molecular flexibility index (Phi) is 8.33. The number of aromatic nitrogens is 1. The minimum atomic E-state index is -3.23. The van der Waals surface area contributed by atoms with Crippen LogP contribution in [0.1, 0.15) is 31.4 Å². The van der Waals surface area contributed by atoms with Crippen molar-refractivity contribution in [3.63, 3.8) is 0 Å². The third-order valence-corrected chi connectivity index (χ3v) is 6.67. The van der Waals surface area contributed by atoms with Crippen molar-refractivity contribution >= 4 is 19.2 Å². The molecular formula is C23H26FN2O5P. The molecular weight excluding hydrogens is 434 g/mol. The molecule has 0 aliphatic heterocycles. The van der Waals surface area contributed by atoms with E-state index in [4.69, 9.17) is 13.6 Å². The molecule has 170 valence electrons. The number of nitrogens with zero attached hydrogens (tertiary/aromatic N) is 1. The first-order valence-corrected chi connectivity index (χ1v) is 12.1. The molecule has 0 spiro atoms. The zero-order valence-electron chi connectivity index (χ0n) is 18.0. The van der Waals surface area contributed by atoms with E-state index in [-0.39, 0.29) is 37.5 Å². The topological polar surface area (TPSA) is 90.7 Å². The van der Waals surface area contributed by atoms with E-state index in [9.17, 15) is 13.8 Å². The number of hydrogen-bond acceptors (Lipinski definition) is 6. The van der Waals surface area contributed by atoms with Gasteiger partial charge in [0.15, 0.2) is 5.76 Å². The Labute approximate surface area is 186 Å². The first kappa shape index (κ1) is 23.9. The van der Waals surface area contributed by atoms with E-state index in [1.165, 1.54) is 12.1 Å². The van der Waals surface area contributed by atoms with E-state index in [0.29, 0.717) is 23.4 Å². The van der Waals surface area contributed by atoms with Gasteiger partial charge >= 0.3 is 7.60 Å². The molecule has 2 aromatic carbocycles. The van der Waals surface area contributed by atoms with Crippen molar-refractivity contribution in [2.45, 2.75) is 32.9 Å². The van der Waals surface area contributed by atoms with Crippen molar-refractivity contribution in [1.82, 2.24) is 5.16 Å². The van der Waals surface area contributed by atoms with Gasteiger partial charge in [0.25, 0.3) is 0 Å². The van der Waals surface area contributed by atoms with Crippen LogP contribution in [0.5, 0.6) is 0 Å². The van der Waals surface area contributed by atoms with Crippen LogP contribution in [0, 0.1) is 5.82 Å². The third-order valence-electron chi connectivity index (χ3n) is 4.61. The van der Waals surface area contributed by atoms with Crippen LogP contribution < -0.4 is 5.32 Å². The smallest absolute Gasteiger partial charge is 0.335 e. The van der Waals surface area contributed by atoms with Gasteiger partial charge in [-0.1, -0.05) is 17.3 Å². The Balaban J connectivity index is 1.60. The average Bonchev–Trinajstić information content (AvgIpc) is 3.22. The van der Waals surface area contributed by atoms with Gasteiger partial charge in [0.05, 0.1) is 25.6 Å². The molecule has 32 heavy (non-hydrogen) atoms. The number of nitrogens with one attached hydrogen (secondary N) is 1. The Hall–Kier alpha value is -2.80. The molecule has 0 bridgehead atoms. The Bertz CT molecular complexity index is 1070. The molecule has 1 amide bonds. The van der Waals surface area contributed by atoms with Gasteiger partial charge in [0.2, 0.25) is 5.91 Å². The van der Waals surface area contributed by atoms with E-state index in [2.05, 4.69) is 10.5 Å². The van der Waals surface area contributed by atoms with Crippen molar-refractivity contribution in [3.05, 3.63) is 71.7 Å². The summed E-state index contributed by atoms with van der Waals surface area (Å²) in [6.45, 7) is 4.10. The fourth-order valence-electron chi connectivity index (χ4n) is 3.24. The average molecular weight is 460 g/mol. The number of rotatable bonds is 11. The highest BCUT2D eigenvalue weighted by Gasteiger charge is 2.24. The minimum absolute atomic E-state index is 0.125. The van der Waals surface area contributed by atoms with Crippen LogP contribution in [0.25, 0.3) is 11.3 Å². The summed E-state index contributed by atoms with van der Waals surface area (Å²) in [5, 5.41) is 6.66. The number of anilines is 1. The van der Waals surface area contributed by atoms with E-state index < -0.39 is 7.60 Å². The number of carbonyl (C=O) groups is 1. The molecule has 0 radical (unpaired) electrons. The summed E-state index contributed by atoms with van der Waals surface area (Å²) >= 11 is 0. The van der Waals surface area contributed by atoms with Gasteiger partial charge in [0.1, 0.15) is 5.82 Å². The molecule has 1 aromatic heterocycles. The fraction of sp³-hybridized carbons (Fsp3) is 0.304. The normalized spacial score (nSPS) is 11.5. The van der Waals surface area contributed by atoms with Gasteiger partial charge in [-0.15, -0.1) is 0 Å². The summed E-state index contributed by atoms with van der Waals surface area (Å²) in [6.07, 6.45) is 2.30. The molecule has 3 aromatic rings. The highest BCUT2D eigenvalue weighted by Crippen LogP contribution is 2.51. The minimum Gasteiger partial charge on any atom is -0.356 e. The summed E-state index contributed by atoms with van der Waals surface area (Å²) in [4.78, 5) is 12.5. The van der Waals surface area contributed by atoms with Crippen LogP contribution in [0.15, 0.2) is 59.3 Å². The number of carbonyl (C=O) groups excluding carboxylic acids is 1. The second-order valence-corrected chi connectivity index (χ2v) is 9.09. The first-order chi connectivity index (χ1) is 15.4. The quantitative estimate of drug-likeness (QED) is 0.363. The maximum absolute atomic E-state index is 13.2. The highest BCUT2D eigenvalue weighted by atomic mass is 31.2. The molecule has 0 saturated heterocycles. The van der Waals surface area contributed by atoms with Crippen LogP contribution in [0.2, 0.25) is 0 Å². The number of benzene rings is 2. The summed E-state index contributed by atoms with van der Waals surface area (Å²) in [5.74, 6) is -0.0103. The second kappa shape index (κ2) is 11.2. The molecule has 0 saturated carbocycles. The summed E-state index contributed by atoms with van der Waals surface area (Å²) in [6, 6.07) is 13.0. The molecule has 1 heterocycles. The maximum atomic E-state index is 13.2. The van der Waals surface area contributed by atoms with Crippen molar-refractivity contribution in [2.75, 3.05) is 18.5 Å². The SMILES string of the molecule is CCOP(=O)(Cc1cccc(NC(=O)CCc2cnoc2-c2ccc(F)cc2)c1)OCC. The molecule has 0 fully saturated rings. The summed E-state index contributed by atoms with van der Waals surface area (Å²) in [5.41, 5.74) is 2.79. The predicted octanol–water partition coefficient (Wildman–Crippen LogP) is 5.82. The van der Waals surface area contributed by atoms with Gasteiger partial charge in [-0.25, -0.2) is 4.39 Å². The fourth-order valence-corrected chi connectivity index (χ4v) is 4.93. The number of aryl methyl sites for hydroxylation is 1. The van der Waals surface area contributed by atoms with Gasteiger partial charge in [-0.3, -0.25) is 9.36 Å². The van der Waals surface area contributed by atoms with E-state index in [1.807, 2.05) is 6.07 Å². The summed E-state index contributed by atoms with van der Waals surface area (Å²) in [7, 11) is -3.23. The van der Waals surface area contributed by atoms with Gasteiger partial charge in [-0.05, 0) is 62.2 Å².